The number of rotatable bonds is 2. The van der Waals surface area contributed by atoms with E-state index in [0.29, 0.717) is 0 Å². The van der Waals surface area contributed by atoms with Gasteiger partial charge in [-0.2, -0.15) is 8.42 Å². The third-order valence-electron chi connectivity index (χ3n) is 0.487. The fraction of sp³-hybridized carbons (Fsp3) is 0.667. The van der Waals surface area contributed by atoms with Gasteiger partial charge in [-0.05, 0) is 0 Å². The summed E-state index contributed by atoms with van der Waals surface area (Å²) >= 11 is 0. The Morgan fingerprint density at radius 1 is 1.64 bits per heavy atom. The summed E-state index contributed by atoms with van der Waals surface area (Å²) in [6, 6.07) is 0. The van der Waals surface area contributed by atoms with Crippen LogP contribution in [0.3, 0.4) is 0 Å². The largest absolute Gasteiger partial charge is 2.00 e. The molecule has 0 heterocycles. The molecule has 0 aromatic carbocycles. The van der Waals surface area contributed by atoms with Crippen molar-refractivity contribution in [3.63, 3.8) is 0 Å². The predicted molar refractivity (Wildman–Crippen MR) is 43.9 cm³/mol. The summed E-state index contributed by atoms with van der Waals surface area (Å²) in [5.74, 6) is -0.975. The van der Waals surface area contributed by atoms with E-state index in [1.54, 1.807) is 0 Å². The van der Waals surface area contributed by atoms with Crippen molar-refractivity contribution in [1.29, 1.82) is 0 Å². The Kier molecular flexibility index (Phi) is 15.1. The van der Waals surface area contributed by atoms with Gasteiger partial charge >= 0.3 is 103 Å². The van der Waals surface area contributed by atoms with E-state index >= 15 is 0 Å². The monoisotopic (exact) mass is 336 g/mol. The average molecular weight is 336 g/mol. The SMILES string of the molecule is CCC(=O)OS(=O)(=O)O.[Ba+2].[Ca+2].[H-].[H-].[H-].[H-]. The van der Waals surface area contributed by atoms with Crippen LogP contribution in [-0.2, 0) is 19.4 Å². The van der Waals surface area contributed by atoms with Crippen LogP contribution in [0.15, 0.2) is 0 Å². The molecular formula is C3H10BaCaO5S. The van der Waals surface area contributed by atoms with Crippen molar-refractivity contribution < 1.29 is 27.7 Å². The first-order valence-electron chi connectivity index (χ1n) is 2.15. The van der Waals surface area contributed by atoms with E-state index in [2.05, 4.69) is 4.18 Å². The molecular weight excluding hydrogens is 326 g/mol. The van der Waals surface area contributed by atoms with Crippen molar-refractivity contribution >= 4 is 103 Å². The predicted octanol–water partition coefficient (Wildman–Crippen LogP) is -0.569. The number of hydrogen-bond acceptors (Lipinski definition) is 4. The smallest absolute Gasteiger partial charge is 1.00 e. The quantitative estimate of drug-likeness (QED) is 0.540. The minimum absolute atomic E-state index is 0. The van der Waals surface area contributed by atoms with E-state index in [1.807, 2.05) is 0 Å². The van der Waals surface area contributed by atoms with Crippen LogP contribution < -0.4 is 0 Å². The van der Waals surface area contributed by atoms with Gasteiger partial charge in [-0.15, -0.1) is 0 Å². The Bertz CT molecular complexity index is 212. The van der Waals surface area contributed by atoms with Gasteiger partial charge in [0.05, 0.1) is 0 Å². The van der Waals surface area contributed by atoms with Gasteiger partial charge in [-0.3, -0.25) is 9.35 Å². The van der Waals surface area contributed by atoms with Crippen molar-refractivity contribution in [3.05, 3.63) is 0 Å². The third-order valence-corrected chi connectivity index (χ3v) is 0.883. The summed E-state index contributed by atoms with van der Waals surface area (Å²) in [4.78, 5) is 10.1. The molecule has 0 aliphatic heterocycles. The molecule has 1 N–H and O–H groups in total. The second kappa shape index (κ2) is 8.79. The Labute approximate surface area is 141 Å². The molecule has 0 aliphatic carbocycles. The van der Waals surface area contributed by atoms with Crippen molar-refractivity contribution in [2.75, 3.05) is 0 Å². The maximum atomic E-state index is 10.1. The second-order valence-electron chi connectivity index (χ2n) is 1.24. The van der Waals surface area contributed by atoms with Crippen molar-refractivity contribution in [2.24, 2.45) is 0 Å². The molecule has 0 aromatic heterocycles. The molecule has 0 amide bonds. The van der Waals surface area contributed by atoms with E-state index in [1.165, 1.54) is 6.92 Å². The van der Waals surface area contributed by atoms with Gasteiger partial charge in [0.15, 0.2) is 0 Å². The van der Waals surface area contributed by atoms with Crippen LogP contribution in [0.1, 0.15) is 19.1 Å². The summed E-state index contributed by atoms with van der Waals surface area (Å²) < 4.78 is 30.8. The molecule has 0 saturated heterocycles. The Morgan fingerprint density at radius 3 is 2.09 bits per heavy atom. The number of carbonyl (C=O) groups is 1. The molecule has 8 heteroatoms. The van der Waals surface area contributed by atoms with Crippen LogP contribution in [0, 0.1) is 0 Å². The molecule has 0 spiro atoms. The normalized spacial score (nSPS) is 8.91. The Morgan fingerprint density at radius 2 is 2.00 bits per heavy atom. The van der Waals surface area contributed by atoms with E-state index in [0.717, 1.165) is 0 Å². The third kappa shape index (κ3) is 15.0. The maximum absolute atomic E-state index is 10.1. The molecule has 0 unspecified atom stereocenters. The molecule has 11 heavy (non-hydrogen) atoms. The number of hydrogen-bond donors (Lipinski definition) is 1. The van der Waals surface area contributed by atoms with E-state index in [4.69, 9.17) is 4.55 Å². The number of carbonyl (C=O) groups excluding carboxylic acids is 1. The summed E-state index contributed by atoms with van der Waals surface area (Å²) in [7, 11) is -4.58. The minimum atomic E-state index is -4.58. The standard InChI is InChI=1S/C3H6O5S.Ba.Ca.4H/c1-2-3(4)8-9(5,6)7;;;;;;/h2H2,1H3,(H,5,6,7);;;;;;/q;2*+2;4*-1. The topological polar surface area (TPSA) is 80.7 Å². The van der Waals surface area contributed by atoms with E-state index in [-0.39, 0.29) is 98.7 Å². The zero-order valence-corrected chi connectivity index (χ0v) is 13.6. The van der Waals surface area contributed by atoms with Crippen LogP contribution in [0.5, 0.6) is 0 Å². The van der Waals surface area contributed by atoms with Crippen molar-refractivity contribution in [1.82, 2.24) is 0 Å². The first-order valence-corrected chi connectivity index (χ1v) is 3.52. The van der Waals surface area contributed by atoms with Gasteiger partial charge in [0.25, 0.3) is 0 Å². The van der Waals surface area contributed by atoms with Gasteiger partial charge in [0.2, 0.25) is 0 Å². The molecule has 0 saturated carbocycles. The van der Waals surface area contributed by atoms with Crippen molar-refractivity contribution in [2.45, 2.75) is 13.3 Å². The Balaban J connectivity index is -0.0000000213. The first-order chi connectivity index (χ1) is 3.95. The van der Waals surface area contributed by atoms with Crippen LogP contribution in [-0.4, -0.2) is 106 Å². The van der Waals surface area contributed by atoms with Crippen LogP contribution in [0.25, 0.3) is 0 Å². The van der Waals surface area contributed by atoms with Crippen LogP contribution >= 0.6 is 0 Å². The molecule has 0 bridgehead atoms. The second-order valence-corrected chi connectivity index (χ2v) is 2.26. The van der Waals surface area contributed by atoms with Gasteiger partial charge in [-0.25, -0.2) is 0 Å². The van der Waals surface area contributed by atoms with E-state index < -0.39 is 16.4 Å². The molecule has 62 valence electrons. The van der Waals surface area contributed by atoms with Gasteiger partial charge < -0.3 is 9.89 Å². The van der Waals surface area contributed by atoms with Gasteiger partial charge in [-0.1, -0.05) is 6.92 Å². The van der Waals surface area contributed by atoms with Gasteiger partial charge in [0, 0.05) is 6.42 Å². The summed E-state index contributed by atoms with van der Waals surface area (Å²) in [5.41, 5.74) is 0. The summed E-state index contributed by atoms with van der Waals surface area (Å²) in [6.07, 6.45) is -0.0835. The zero-order chi connectivity index (χ0) is 7.49. The summed E-state index contributed by atoms with van der Waals surface area (Å²) in [5, 5.41) is 0. The van der Waals surface area contributed by atoms with E-state index in [9.17, 15) is 13.2 Å². The Hall–Kier alpha value is 2.21. The minimum Gasteiger partial charge on any atom is -1.00 e. The molecule has 0 aliphatic rings. The van der Waals surface area contributed by atoms with Crippen LogP contribution in [0.4, 0.5) is 0 Å². The fourth-order valence-corrected chi connectivity index (χ4v) is 0.529. The molecule has 0 atom stereocenters. The van der Waals surface area contributed by atoms with Crippen LogP contribution in [0.2, 0.25) is 0 Å². The van der Waals surface area contributed by atoms with Gasteiger partial charge in [0.1, 0.15) is 0 Å². The molecule has 0 rings (SSSR count). The molecule has 5 nitrogen and oxygen atoms in total. The molecule has 0 fully saturated rings. The first kappa shape index (κ1) is 18.9. The summed E-state index contributed by atoms with van der Waals surface area (Å²) in [6.45, 7) is 1.41. The molecule has 0 radical (unpaired) electrons. The average Bonchev–Trinajstić information content (AvgIpc) is 1.62. The molecule has 0 aromatic rings. The zero-order valence-electron chi connectivity index (χ0n) is 10.1. The fourth-order valence-electron chi connectivity index (χ4n) is 0.176. The maximum Gasteiger partial charge on any atom is 2.00 e. The van der Waals surface area contributed by atoms with Crippen molar-refractivity contribution in [3.8, 4) is 0 Å².